The molecule has 3 nitrogen and oxygen atoms in total. The summed E-state index contributed by atoms with van der Waals surface area (Å²) in [6.07, 6.45) is 3.90. The average Bonchev–Trinajstić information content (AvgIpc) is 3.12. The minimum Gasteiger partial charge on any atom is -0.489 e. The monoisotopic (exact) mass is 505 g/mol. The van der Waals surface area contributed by atoms with Gasteiger partial charge in [0.15, 0.2) is 0 Å². The standard InChI is InChI=1S/C30H32ClNO2S/c1-19-4-13-28(31)29(14-19)34-26-16-24-10-11-25(17-26)32(24)30(33)23-8-6-22(7-9-23)18-35-27-12-5-20(2)21(3)15-27/h4-9,12-15,24-26H,10-11,16-18H2,1-3H3/t24-,25+,26?. The summed E-state index contributed by atoms with van der Waals surface area (Å²) >= 11 is 8.19. The van der Waals surface area contributed by atoms with Crippen molar-refractivity contribution in [2.45, 2.75) is 75.3 Å². The normalized spacial score (nSPS) is 21.3. The molecule has 0 spiro atoms. The van der Waals surface area contributed by atoms with Crippen molar-refractivity contribution in [1.82, 2.24) is 4.90 Å². The van der Waals surface area contributed by atoms with E-state index in [9.17, 15) is 4.79 Å². The van der Waals surface area contributed by atoms with Crippen molar-refractivity contribution in [2.24, 2.45) is 0 Å². The zero-order valence-corrected chi connectivity index (χ0v) is 22.2. The molecule has 3 atom stereocenters. The molecule has 0 saturated carbocycles. The highest BCUT2D eigenvalue weighted by atomic mass is 35.5. The van der Waals surface area contributed by atoms with Crippen LogP contribution in [0, 0.1) is 20.8 Å². The predicted molar refractivity (Wildman–Crippen MR) is 145 cm³/mol. The van der Waals surface area contributed by atoms with E-state index < -0.39 is 0 Å². The molecule has 5 heteroatoms. The van der Waals surface area contributed by atoms with Crippen LogP contribution in [0.15, 0.2) is 65.6 Å². The largest absolute Gasteiger partial charge is 0.489 e. The van der Waals surface area contributed by atoms with E-state index in [-0.39, 0.29) is 24.1 Å². The van der Waals surface area contributed by atoms with Crippen molar-refractivity contribution in [3.8, 4) is 5.75 Å². The zero-order valence-electron chi connectivity index (χ0n) is 20.6. The summed E-state index contributed by atoms with van der Waals surface area (Å²) in [5.74, 6) is 1.80. The summed E-state index contributed by atoms with van der Waals surface area (Å²) in [7, 11) is 0. The fourth-order valence-corrected chi connectivity index (χ4v) is 6.41. The number of rotatable bonds is 6. The summed E-state index contributed by atoms with van der Waals surface area (Å²) < 4.78 is 6.30. The first kappa shape index (κ1) is 24.3. The lowest BCUT2D eigenvalue weighted by molar-refractivity contribution is 0.0359. The number of benzene rings is 3. The summed E-state index contributed by atoms with van der Waals surface area (Å²) in [5, 5.41) is 0.650. The van der Waals surface area contributed by atoms with E-state index in [0.29, 0.717) is 5.02 Å². The van der Waals surface area contributed by atoms with Gasteiger partial charge in [0.25, 0.3) is 5.91 Å². The third-order valence-electron chi connectivity index (χ3n) is 7.39. The molecule has 2 heterocycles. The molecule has 1 unspecified atom stereocenters. The third kappa shape index (κ3) is 5.39. The van der Waals surface area contributed by atoms with E-state index in [4.69, 9.17) is 16.3 Å². The number of hydrogen-bond acceptors (Lipinski definition) is 3. The van der Waals surface area contributed by atoms with Crippen molar-refractivity contribution < 1.29 is 9.53 Å². The van der Waals surface area contributed by atoms with Gasteiger partial charge in [-0.1, -0.05) is 35.9 Å². The van der Waals surface area contributed by atoms with Gasteiger partial charge in [-0.25, -0.2) is 0 Å². The van der Waals surface area contributed by atoms with Gasteiger partial charge in [0, 0.05) is 41.1 Å². The molecule has 3 aromatic carbocycles. The van der Waals surface area contributed by atoms with Crippen molar-refractivity contribution in [3.63, 3.8) is 0 Å². The maximum atomic E-state index is 13.4. The number of amides is 1. The van der Waals surface area contributed by atoms with Crippen LogP contribution in [0.4, 0.5) is 0 Å². The molecule has 0 aromatic heterocycles. The molecule has 2 fully saturated rings. The highest BCUT2D eigenvalue weighted by molar-refractivity contribution is 7.98. The van der Waals surface area contributed by atoms with E-state index in [1.807, 2.05) is 49.0 Å². The number of ether oxygens (including phenoxy) is 1. The third-order valence-corrected chi connectivity index (χ3v) is 8.77. The zero-order chi connectivity index (χ0) is 24.5. The van der Waals surface area contributed by atoms with Crippen LogP contribution in [0.3, 0.4) is 0 Å². The van der Waals surface area contributed by atoms with E-state index in [1.54, 1.807) is 0 Å². The average molecular weight is 506 g/mol. The van der Waals surface area contributed by atoms with Crippen LogP contribution in [0.5, 0.6) is 5.75 Å². The maximum Gasteiger partial charge on any atom is 0.254 e. The van der Waals surface area contributed by atoms with Crippen LogP contribution in [0.25, 0.3) is 0 Å². The molecule has 0 N–H and O–H groups in total. The van der Waals surface area contributed by atoms with Crippen LogP contribution in [0.1, 0.15) is 58.3 Å². The number of thioether (sulfide) groups is 1. The molecule has 182 valence electrons. The maximum absolute atomic E-state index is 13.4. The Bertz CT molecular complexity index is 1210. The Morgan fingerprint density at radius 1 is 0.943 bits per heavy atom. The Hall–Kier alpha value is -2.43. The summed E-state index contributed by atoms with van der Waals surface area (Å²) in [6.45, 7) is 6.34. The number of carbonyl (C=O) groups is 1. The molecular weight excluding hydrogens is 474 g/mol. The molecule has 0 aliphatic carbocycles. The topological polar surface area (TPSA) is 29.5 Å². The highest BCUT2D eigenvalue weighted by Gasteiger charge is 2.44. The number of carbonyl (C=O) groups excluding carboxylic acids is 1. The van der Waals surface area contributed by atoms with Gasteiger partial charge >= 0.3 is 0 Å². The Labute approximate surface area is 217 Å². The van der Waals surface area contributed by atoms with Gasteiger partial charge in [0.2, 0.25) is 0 Å². The van der Waals surface area contributed by atoms with Crippen molar-refractivity contribution in [2.75, 3.05) is 0 Å². The molecule has 5 rings (SSSR count). The number of halogens is 1. The lowest BCUT2D eigenvalue weighted by Crippen LogP contribution is -2.49. The lowest BCUT2D eigenvalue weighted by Gasteiger charge is -2.39. The second-order valence-electron chi connectivity index (χ2n) is 9.97. The molecular formula is C30H32ClNO2S. The predicted octanol–water partition coefficient (Wildman–Crippen LogP) is 7.77. The van der Waals surface area contributed by atoms with Gasteiger partial charge < -0.3 is 9.64 Å². The highest BCUT2D eigenvalue weighted by Crippen LogP contribution is 2.39. The van der Waals surface area contributed by atoms with Crippen molar-refractivity contribution in [1.29, 1.82) is 0 Å². The lowest BCUT2D eigenvalue weighted by atomic mass is 9.98. The van der Waals surface area contributed by atoms with Crippen molar-refractivity contribution in [3.05, 3.63) is 93.5 Å². The van der Waals surface area contributed by atoms with Crippen LogP contribution >= 0.6 is 23.4 Å². The molecule has 2 bridgehead atoms. The quantitative estimate of drug-likeness (QED) is 0.320. The second-order valence-corrected chi connectivity index (χ2v) is 11.4. The summed E-state index contributed by atoms with van der Waals surface area (Å²) in [5.41, 5.74) is 5.79. The molecule has 2 aliphatic heterocycles. The SMILES string of the molecule is Cc1ccc(Cl)c(OC2C[C@H]3CC[C@@H](C2)N3C(=O)c2ccc(CSc3ccc(C)c(C)c3)cc2)c1. The number of hydrogen-bond donors (Lipinski definition) is 0. The van der Waals surface area contributed by atoms with Crippen LogP contribution in [-0.4, -0.2) is 29.0 Å². The van der Waals surface area contributed by atoms with Crippen molar-refractivity contribution >= 4 is 29.3 Å². The van der Waals surface area contributed by atoms with E-state index in [0.717, 1.165) is 48.3 Å². The number of aryl methyl sites for hydroxylation is 3. The summed E-state index contributed by atoms with van der Waals surface area (Å²) in [4.78, 5) is 16.8. The Morgan fingerprint density at radius 2 is 1.66 bits per heavy atom. The first-order chi connectivity index (χ1) is 16.9. The first-order valence-electron chi connectivity index (χ1n) is 12.4. The fourth-order valence-electron chi connectivity index (χ4n) is 5.30. The molecule has 2 saturated heterocycles. The minimum atomic E-state index is 0.0978. The number of fused-ring (bicyclic) bond motifs is 2. The van der Waals surface area contributed by atoms with Gasteiger partial charge in [-0.05, 0) is 92.3 Å². The molecule has 35 heavy (non-hydrogen) atoms. The molecule has 2 aliphatic rings. The van der Waals surface area contributed by atoms with E-state index >= 15 is 0 Å². The van der Waals surface area contributed by atoms with Crippen LogP contribution < -0.4 is 4.74 Å². The Morgan fingerprint density at radius 3 is 2.34 bits per heavy atom. The van der Waals surface area contributed by atoms with Gasteiger partial charge in [-0.3, -0.25) is 4.79 Å². The van der Waals surface area contributed by atoms with Gasteiger partial charge in [-0.2, -0.15) is 0 Å². The van der Waals surface area contributed by atoms with E-state index in [2.05, 4.69) is 49.1 Å². The minimum absolute atomic E-state index is 0.0978. The van der Waals surface area contributed by atoms with Gasteiger partial charge in [0.05, 0.1) is 5.02 Å². The molecule has 1 amide bonds. The van der Waals surface area contributed by atoms with Gasteiger partial charge in [0.1, 0.15) is 11.9 Å². The summed E-state index contributed by atoms with van der Waals surface area (Å²) in [6, 6.07) is 21.1. The smallest absolute Gasteiger partial charge is 0.254 e. The van der Waals surface area contributed by atoms with Gasteiger partial charge in [-0.15, -0.1) is 11.8 Å². The van der Waals surface area contributed by atoms with Crippen LogP contribution in [-0.2, 0) is 5.75 Å². The first-order valence-corrected chi connectivity index (χ1v) is 13.8. The Balaban J connectivity index is 1.20. The fraction of sp³-hybridized carbons (Fsp3) is 0.367. The molecule has 0 radical (unpaired) electrons. The Kier molecular flexibility index (Phi) is 7.13. The number of nitrogens with zero attached hydrogens (tertiary/aromatic N) is 1. The second kappa shape index (κ2) is 10.3. The van der Waals surface area contributed by atoms with E-state index in [1.165, 1.54) is 21.6 Å². The van der Waals surface area contributed by atoms with Crippen LogP contribution in [0.2, 0.25) is 5.02 Å². The molecule has 3 aromatic rings. The number of piperidine rings is 1.